The molecule has 0 aliphatic carbocycles. The molecule has 0 radical (unpaired) electrons. The van der Waals surface area contributed by atoms with Crippen LogP contribution in [0.1, 0.15) is 39.0 Å². The average molecular weight is 256 g/mol. The number of aliphatic carboxylic acids is 1. The molecule has 1 aliphatic rings. The van der Waals surface area contributed by atoms with Crippen LogP contribution in [0.4, 0.5) is 0 Å². The van der Waals surface area contributed by atoms with Gasteiger partial charge in [0.1, 0.15) is 6.04 Å². The molecule has 0 saturated carbocycles. The highest BCUT2D eigenvalue weighted by Gasteiger charge is 2.31. The largest absolute Gasteiger partial charge is 0.480 e. The summed E-state index contributed by atoms with van der Waals surface area (Å²) in [7, 11) is 0. The van der Waals surface area contributed by atoms with E-state index in [-0.39, 0.29) is 18.4 Å². The van der Waals surface area contributed by atoms with Crippen LogP contribution >= 0.6 is 0 Å². The van der Waals surface area contributed by atoms with Gasteiger partial charge < -0.3 is 15.3 Å². The molecular formula is C12H20N2O4. The van der Waals surface area contributed by atoms with Crippen LogP contribution in [-0.4, -0.2) is 46.9 Å². The molecule has 0 aromatic carbocycles. The summed E-state index contributed by atoms with van der Waals surface area (Å²) in [6.45, 7) is 2.23. The first-order chi connectivity index (χ1) is 8.56. The smallest absolute Gasteiger partial charge is 0.326 e. The third kappa shape index (κ3) is 4.01. The zero-order chi connectivity index (χ0) is 13.5. The summed E-state index contributed by atoms with van der Waals surface area (Å²) in [5, 5.41) is 11.6. The summed E-state index contributed by atoms with van der Waals surface area (Å²) in [5.74, 6) is -1.45. The number of nitrogens with one attached hydrogen (secondary N) is 1. The Balaban J connectivity index is 2.48. The minimum atomic E-state index is -0.970. The molecule has 2 N–H and O–H groups in total. The topological polar surface area (TPSA) is 86.7 Å². The Kier molecular flexibility index (Phi) is 5.61. The molecule has 0 aromatic heterocycles. The molecule has 1 heterocycles. The Morgan fingerprint density at radius 2 is 2.06 bits per heavy atom. The van der Waals surface area contributed by atoms with Crippen molar-refractivity contribution in [3.63, 3.8) is 0 Å². The third-order valence-corrected chi connectivity index (χ3v) is 3.02. The second-order valence-electron chi connectivity index (χ2n) is 4.46. The van der Waals surface area contributed by atoms with Crippen LogP contribution in [0.2, 0.25) is 0 Å². The maximum atomic E-state index is 11.9. The lowest BCUT2D eigenvalue weighted by molar-refractivity contribution is -0.151. The quantitative estimate of drug-likeness (QED) is 0.744. The molecule has 0 bridgehead atoms. The van der Waals surface area contributed by atoms with Crippen molar-refractivity contribution in [2.24, 2.45) is 0 Å². The van der Waals surface area contributed by atoms with Gasteiger partial charge in [-0.3, -0.25) is 9.59 Å². The van der Waals surface area contributed by atoms with E-state index in [1.54, 1.807) is 0 Å². The molecule has 1 rings (SSSR count). The van der Waals surface area contributed by atoms with Gasteiger partial charge in [0, 0.05) is 13.0 Å². The number of amides is 2. The summed E-state index contributed by atoms with van der Waals surface area (Å²) in [6, 6.07) is -0.741. The summed E-state index contributed by atoms with van der Waals surface area (Å²) in [4.78, 5) is 35.5. The second-order valence-corrected chi connectivity index (χ2v) is 4.46. The van der Waals surface area contributed by atoms with Crippen molar-refractivity contribution in [1.29, 1.82) is 0 Å². The molecule has 102 valence electrons. The van der Waals surface area contributed by atoms with Crippen LogP contribution in [0.15, 0.2) is 0 Å². The number of nitrogens with zero attached hydrogens (tertiary/aromatic N) is 1. The highest BCUT2D eigenvalue weighted by molar-refractivity contribution is 5.88. The Labute approximate surface area is 106 Å². The molecule has 1 atom stereocenters. The van der Waals surface area contributed by atoms with Crippen LogP contribution in [0, 0.1) is 0 Å². The lowest BCUT2D eigenvalue weighted by Gasteiger charge is -2.33. The molecule has 6 heteroatoms. The number of carbonyl (C=O) groups is 3. The Bertz CT molecular complexity index is 330. The van der Waals surface area contributed by atoms with Crippen LogP contribution < -0.4 is 5.32 Å². The van der Waals surface area contributed by atoms with Gasteiger partial charge in [-0.25, -0.2) is 4.79 Å². The van der Waals surface area contributed by atoms with E-state index in [2.05, 4.69) is 5.32 Å². The number of carboxylic acids is 1. The van der Waals surface area contributed by atoms with E-state index in [1.807, 2.05) is 6.92 Å². The first kappa shape index (κ1) is 14.5. The van der Waals surface area contributed by atoms with E-state index in [1.165, 1.54) is 4.90 Å². The zero-order valence-corrected chi connectivity index (χ0v) is 10.6. The van der Waals surface area contributed by atoms with Gasteiger partial charge in [-0.2, -0.15) is 0 Å². The molecular weight excluding hydrogens is 236 g/mol. The maximum Gasteiger partial charge on any atom is 0.326 e. The number of piperidine rings is 1. The summed E-state index contributed by atoms with van der Waals surface area (Å²) >= 11 is 0. The number of hydrogen-bond donors (Lipinski definition) is 2. The molecule has 1 aliphatic heterocycles. The highest BCUT2D eigenvalue weighted by Crippen LogP contribution is 2.17. The average Bonchev–Trinajstić information content (AvgIpc) is 2.36. The SMILES string of the molecule is CCCC(=O)NCC(=O)N1CCCC[C@@H]1C(=O)O. The first-order valence-electron chi connectivity index (χ1n) is 6.35. The summed E-state index contributed by atoms with van der Waals surface area (Å²) < 4.78 is 0. The van der Waals surface area contributed by atoms with E-state index < -0.39 is 12.0 Å². The van der Waals surface area contributed by atoms with Crippen LogP contribution in [-0.2, 0) is 14.4 Å². The maximum absolute atomic E-state index is 11.9. The molecule has 0 unspecified atom stereocenters. The van der Waals surface area contributed by atoms with Gasteiger partial charge in [-0.05, 0) is 25.7 Å². The van der Waals surface area contributed by atoms with Gasteiger partial charge in [-0.1, -0.05) is 6.92 Å². The minimum absolute atomic E-state index is 0.109. The van der Waals surface area contributed by atoms with Crippen LogP contribution in [0.3, 0.4) is 0 Å². The molecule has 6 nitrogen and oxygen atoms in total. The summed E-state index contributed by atoms with van der Waals surface area (Å²) in [6.07, 6.45) is 3.24. The second kappa shape index (κ2) is 6.98. The molecule has 0 spiro atoms. The van der Waals surface area contributed by atoms with E-state index in [9.17, 15) is 14.4 Å². The predicted molar refractivity (Wildman–Crippen MR) is 64.9 cm³/mol. The van der Waals surface area contributed by atoms with Crippen molar-refractivity contribution in [2.75, 3.05) is 13.1 Å². The predicted octanol–water partition coefficient (Wildman–Crippen LogP) is 0.368. The van der Waals surface area contributed by atoms with Crippen molar-refractivity contribution >= 4 is 17.8 Å². The monoisotopic (exact) mass is 256 g/mol. The van der Waals surface area contributed by atoms with Crippen molar-refractivity contribution in [3.05, 3.63) is 0 Å². The van der Waals surface area contributed by atoms with Crippen molar-refractivity contribution < 1.29 is 19.5 Å². The number of rotatable bonds is 5. The lowest BCUT2D eigenvalue weighted by atomic mass is 10.0. The molecule has 2 amide bonds. The van der Waals surface area contributed by atoms with E-state index in [0.29, 0.717) is 19.4 Å². The fourth-order valence-electron chi connectivity index (χ4n) is 2.08. The van der Waals surface area contributed by atoms with Gasteiger partial charge in [0.05, 0.1) is 6.54 Å². The Hall–Kier alpha value is -1.59. The van der Waals surface area contributed by atoms with Gasteiger partial charge in [0.2, 0.25) is 11.8 Å². The van der Waals surface area contributed by atoms with Gasteiger partial charge in [0.25, 0.3) is 0 Å². The normalized spacial score (nSPS) is 19.4. The summed E-state index contributed by atoms with van der Waals surface area (Å²) in [5.41, 5.74) is 0. The lowest BCUT2D eigenvalue weighted by Crippen LogP contribution is -2.51. The zero-order valence-electron chi connectivity index (χ0n) is 10.6. The van der Waals surface area contributed by atoms with Crippen LogP contribution in [0.5, 0.6) is 0 Å². The van der Waals surface area contributed by atoms with Crippen LogP contribution in [0.25, 0.3) is 0 Å². The fraction of sp³-hybridized carbons (Fsp3) is 0.750. The minimum Gasteiger partial charge on any atom is -0.480 e. The number of carbonyl (C=O) groups excluding carboxylic acids is 2. The van der Waals surface area contributed by atoms with Crippen molar-refractivity contribution in [2.45, 2.75) is 45.1 Å². The van der Waals surface area contributed by atoms with Crippen molar-refractivity contribution in [3.8, 4) is 0 Å². The Morgan fingerprint density at radius 1 is 1.33 bits per heavy atom. The standard InChI is InChI=1S/C12H20N2O4/c1-2-5-10(15)13-8-11(16)14-7-4-3-6-9(14)12(17)18/h9H,2-8H2,1H3,(H,13,15)(H,17,18)/t9-/m1/s1. The van der Waals surface area contributed by atoms with Gasteiger partial charge >= 0.3 is 5.97 Å². The molecule has 1 fully saturated rings. The molecule has 0 aromatic rings. The van der Waals surface area contributed by atoms with E-state index >= 15 is 0 Å². The molecule has 18 heavy (non-hydrogen) atoms. The Morgan fingerprint density at radius 3 is 2.67 bits per heavy atom. The number of hydrogen-bond acceptors (Lipinski definition) is 3. The van der Waals surface area contributed by atoms with Gasteiger partial charge in [0.15, 0.2) is 0 Å². The van der Waals surface area contributed by atoms with Crippen molar-refractivity contribution in [1.82, 2.24) is 10.2 Å². The third-order valence-electron chi connectivity index (χ3n) is 3.02. The highest BCUT2D eigenvalue weighted by atomic mass is 16.4. The molecule has 1 saturated heterocycles. The number of carboxylic acid groups (broad SMARTS) is 1. The van der Waals surface area contributed by atoms with E-state index in [4.69, 9.17) is 5.11 Å². The van der Waals surface area contributed by atoms with E-state index in [0.717, 1.165) is 19.3 Å². The van der Waals surface area contributed by atoms with Gasteiger partial charge in [-0.15, -0.1) is 0 Å². The first-order valence-corrected chi connectivity index (χ1v) is 6.35. The number of likely N-dealkylation sites (tertiary alicyclic amines) is 1. The fourth-order valence-corrected chi connectivity index (χ4v) is 2.08.